The van der Waals surface area contributed by atoms with Crippen molar-refractivity contribution in [3.8, 4) is 16.9 Å². The van der Waals surface area contributed by atoms with E-state index in [1.165, 1.54) is 16.8 Å². The van der Waals surface area contributed by atoms with Crippen LogP contribution in [0.1, 0.15) is 0 Å². The molecule has 2 N–H and O–H groups in total. The molecule has 0 aliphatic carbocycles. The van der Waals surface area contributed by atoms with Crippen molar-refractivity contribution in [2.45, 2.75) is 18.7 Å². The van der Waals surface area contributed by atoms with Crippen LogP contribution in [0.2, 0.25) is 0 Å². The van der Waals surface area contributed by atoms with Crippen LogP contribution in [-0.4, -0.2) is 28.5 Å². The second-order valence-corrected chi connectivity index (χ2v) is 5.78. The number of ether oxygens (including phenoxy) is 1. The van der Waals surface area contributed by atoms with E-state index in [1.54, 1.807) is 13.1 Å². The van der Waals surface area contributed by atoms with Crippen LogP contribution in [0.3, 0.4) is 0 Å². The van der Waals surface area contributed by atoms with Crippen molar-refractivity contribution < 1.29 is 31.1 Å². The molecule has 3 aromatic rings. The first-order chi connectivity index (χ1) is 12.6. The number of nitrogens with zero attached hydrogens (tertiary/aromatic N) is 2. The van der Waals surface area contributed by atoms with Gasteiger partial charge in [-0.1, -0.05) is 6.07 Å². The second-order valence-electron chi connectivity index (χ2n) is 5.78. The predicted octanol–water partition coefficient (Wildman–Crippen LogP) is 4.54. The van der Waals surface area contributed by atoms with E-state index in [0.29, 0.717) is 22.5 Å². The Kier molecular flexibility index (Phi) is 4.66. The molecule has 1 aromatic heterocycles. The summed E-state index contributed by atoms with van der Waals surface area (Å²) in [6.45, 7) is 0. The number of alkyl halides is 5. The van der Waals surface area contributed by atoms with Gasteiger partial charge in [0.25, 0.3) is 12.6 Å². The van der Waals surface area contributed by atoms with Crippen molar-refractivity contribution in [2.24, 2.45) is 7.05 Å². The fraction of sp³-hybridized carbons (Fsp3) is 0.235. The van der Waals surface area contributed by atoms with Crippen molar-refractivity contribution in [1.29, 1.82) is 0 Å². The van der Waals surface area contributed by atoms with Crippen LogP contribution in [0.5, 0.6) is 5.75 Å². The summed E-state index contributed by atoms with van der Waals surface area (Å²) in [6, 6.07) is 7.24. The van der Waals surface area contributed by atoms with Crippen LogP contribution < -0.4 is 10.5 Å². The van der Waals surface area contributed by atoms with E-state index in [0.717, 1.165) is 12.1 Å². The number of halogens is 6. The summed E-state index contributed by atoms with van der Waals surface area (Å²) in [5.74, 6) is -1.49. The second kappa shape index (κ2) is 6.67. The van der Waals surface area contributed by atoms with Crippen molar-refractivity contribution >= 4 is 16.7 Å². The van der Waals surface area contributed by atoms with Gasteiger partial charge in [-0.05, 0) is 29.8 Å². The van der Waals surface area contributed by atoms with Gasteiger partial charge in [0.1, 0.15) is 11.6 Å². The molecule has 27 heavy (non-hydrogen) atoms. The first kappa shape index (κ1) is 18.9. The number of benzene rings is 2. The summed E-state index contributed by atoms with van der Waals surface area (Å²) in [7, 11) is 1.61. The number of hydrogen-bond acceptors (Lipinski definition) is 3. The Morgan fingerprint density at radius 2 is 1.81 bits per heavy atom. The lowest BCUT2D eigenvalue weighted by Gasteiger charge is -2.22. The molecule has 0 bridgehead atoms. The summed E-state index contributed by atoms with van der Waals surface area (Å²) < 4.78 is 84.3. The molecule has 0 saturated heterocycles. The zero-order valence-corrected chi connectivity index (χ0v) is 13.8. The van der Waals surface area contributed by atoms with Gasteiger partial charge < -0.3 is 10.5 Å². The predicted molar refractivity (Wildman–Crippen MR) is 87.0 cm³/mol. The van der Waals surface area contributed by atoms with Crippen LogP contribution in [0.15, 0.2) is 36.4 Å². The third-order valence-corrected chi connectivity index (χ3v) is 3.92. The van der Waals surface area contributed by atoms with Gasteiger partial charge in [0.15, 0.2) is 5.82 Å². The summed E-state index contributed by atoms with van der Waals surface area (Å²) in [5.41, 5.74) is 6.54. The molecular weight excluding hydrogens is 376 g/mol. The van der Waals surface area contributed by atoms with E-state index in [1.807, 2.05) is 0 Å². The van der Waals surface area contributed by atoms with Gasteiger partial charge in [-0.2, -0.15) is 13.9 Å². The minimum atomic E-state index is -4.85. The van der Waals surface area contributed by atoms with Gasteiger partial charge in [0.05, 0.1) is 5.52 Å². The molecule has 0 saturated carbocycles. The number of rotatable bonds is 5. The monoisotopic (exact) mass is 389 g/mol. The Morgan fingerprint density at radius 3 is 2.48 bits per heavy atom. The molecule has 0 radical (unpaired) electrons. The Bertz CT molecular complexity index is 988. The Labute approximate surface area is 149 Å². The molecule has 2 aromatic carbocycles. The lowest BCUT2D eigenvalue weighted by Crippen LogP contribution is -2.41. The maximum atomic E-state index is 13.7. The van der Waals surface area contributed by atoms with E-state index in [9.17, 15) is 26.3 Å². The average Bonchev–Trinajstić information content (AvgIpc) is 2.87. The van der Waals surface area contributed by atoms with Crippen LogP contribution in [-0.2, 0) is 7.05 Å². The maximum Gasteiger partial charge on any atom is 0.435 e. The Morgan fingerprint density at radius 1 is 1.11 bits per heavy atom. The summed E-state index contributed by atoms with van der Waals surface area (Å²) >= 11 is 0. The highest BCUT2D eigenvalue weighted by Gasteiger charge is 2.49. The lowest BCUT2D eigenvalue weighted by atomic mass is 10.0. The Balaban J connectivity index is 2.08. The number of fused-ring (bicyclic) bond motifs is 1. The molecular formula is C17H13F6N3O. The number of hydrogen-bond donors (Lipinski definition) is 1. The molecule has 4 nitrogen and oxygen atoms in total. The van der Waals surface area contributed by atoms with Gasteiger partial charge in [0, 0.05) is 24.1 Å². The zero-order valence-electron chi connectivity index (χ0n) is 13.8. The molecule has 0 amide bonds. The van der Waals surface area contributed by atoms with Gasteiger partial charge >= 0.3 is 6.11 Å². The fourth-order valence-corrected chi connectivity index (χ4v) is 2.62. The Hall–Kier alpha value is -2.91. The highest BCUT2D eigenvalue weighted by atomic mass is 19.3. The number of nitrogens with two attached hydrogens (primary N) is 1. The molecule has 1 unspecified atom stereocenters. The molecule has 1 heterocycles. The van der Waals surface area contributed by atoms with E-state index in [4.69, 9.17) is 5.73 Å². The van der Waals surface area contributed by atoms with Crippen molar-refractivity contribution in [3.05, 3.63) is 42.2 Å². The minimum absolute atomic E-state index is 0.0424. The smallest absolute Gasteiger partial charge is 0.429 e. The highest BCUT2D eigenvalue weighted by molar-refractivity contribution is 5.92. The molecule has 0 aliphatic rings. The number of aromatic nitrogens is 2. The number of nitrogen functional groups attached to an aromatic ring is 1. The molecule has 10 heteroatoms. The molecule has 0 aliphatic heterocycles. The largest absolute Gasteiger partial charge is 0.435 e. The molecule has 0 spiro atoms. The SMILES string of the molecule is Cn1nc(N)c2ccc(-c3ccc(F)cc3OC(F)(F)C(F)C(F)F)cc21. The van der Waals surface area contributed by atoms with Crippen molar-refractivity contribution in [1.82, 2.24) is 9.78 Å². The summed E-state index contributed by atoms with van der Waals surface area (Å²) in [6.07, 6.45) is -12.7. The van der Waals surface area contributed by atoms with E-state index >= 15 is 0 Å². The lowest BCUT2D eigenvalue weighted by molar-refractivity contribution is -0.244. The van der Waals surface area contributed by atoms with Crippen LogP contribution in [0.25, 0.3) is 22.0 Å². The standard InChI is InChI=1S/C17H13F6N3O/c1-26-12-6-8(2-4-11(12)16(24)25-26)10-5-3-9(18)7-13(10)27-17(22,23)14(19)15(20)21/h2-7,14-15H,1H3,(H2,24,25). The van der Waals surface area contributed by atoms with Crippen molar-refractivity contribution in [3.63, 3.8) is 0 Å². The van der Waals surface area contributed by atoms with Gasteiger partial charge in [-0.15, -0.1) is 0 Å². The molecule has 0 fully saturated rings. The summed E-state index contributed by atoms with van der Waals surface area (Å²) in [4.78, 5) is 0. The first-order valence-electron chi connectivity index (χ1n) is 7.61. The third kappa shape index (κ3) is 3.51. The topological polar surface area (TPSA) is 53.1 Å². The van der Waals surface area contributed by atoms with Gasteiger partial charge in [-0.3, -0.25) is 4.68 Å². The van der Waals surface area contributed by atoms with E-state index in [-0.39, 0.29) is 11.4 Å². The zero-order chi connectivity index (χ0) is 19.9. The number of anilines is 1. The van der Waals surface area contributed by atoms with Gasteiger partial charge in [0.2, 0.25) is 0 Å². The van der Waals surface area contributed by atoms with Crippen LogP contribution >= 0.6 is 0 Å². The fourth-order valence-electron chi connectivity index (χ4n) is 2.62. The van der Waals surface area contributed by atoms with E-state index < -0.39 is 30.3 Å². The molecule has 144 valence electrons. The quantitative estimate of drug-likeness (QED) is 0.652. The van der Waals surface area contributed by atoms with Gasteiger partial charge in [-0.25, -0.2) is 17.6 Å². The molecule has 1 atom stereocenters. The summed E-state index contributed by atoms with van der Waals surface area (Å²) in [5, 5.41) is 4.61. The van der Waals surface area contributed by atoms with Crippen LogP contribution in [0.4, 0.5) is 32.2 Å². The van der Waals surface area contributed by atoms with E-state index in [2.05, 4.69) is 9.84 Å². The normalized spacial score (nSPS) is 13.3. The molecule has 3 rings (SSSR count). The third-order valence-electron chi connectivity index (χ3n) is 3.92. The highest BCUT2D eigenvalue weighted by Crippen LogP contribution is 2.38. The first-order valence-corrected chi connectivity index (χ1v) is 7.61. The minimum Gasteiger partial charge on any atom is -0.429 e. The average molecular weight is 389 g/mol. The van der Waals surface area contributed by atoms with Crippen molar-refractivity contribution in [2.75, 3.05) is 5.73 Å². The number of aryl methyl sites for hydroxylation is 1. The maximum absolute atomic E-state index is 13.7. The van der Waals surface area contributed by atoms with Crippen LogP contribution in [0, 0.1) is 5.82 Å².